The third-order valence-corrected chi connectivity index (χ3v) is 5.78. The molecule has 0 aliphatic heterocycles. The van der Waals surface area contributed by atoms with Crippen LogP contribution in [0.5, 0.6) is 0 Å². The molecule has 0 aliphatic rings. The zero-order valence-corrected chi connectivity index (χ0v) is 17.9. The lowest BCUT2D eigenvalue weighted by Gasteiger charge is -2.15. The van der Waals surface area contributed by atoms with E-state index in [9.17, 15) is 14.7 Å². The molecule has 0 saturated heterocycles. The molecule has 0 spiro atoms. The lowest BCUT2D eigenvalue weighted by Crippen LogP contribution is -2.38. The number of aliphatic hydroxyl groups is 1. The molecule has 1 unspecified atom stereocenters. The molecule has 1 atom stereocenters. The molecular formula is C22H25N5O3S. The minimum Gasteiger partial charge on any atom is -0.386 e. The Balaban J connectivity index is 1.48. The summed E-state index contributed by atoms with van der Waals surface area (Å²) in [5, 5.41) is 20.4. The van der Waals surface area contributed by atoms with E-state index in [-0.39, 0.29) is 12.5 Å². The van der Waals surface area contributed by atoms with Crippen LogP contribution >= 0.6 is 11.3 Å². The minimum absolute atomic E-state index is 0.197. The summed E-state index contributed by atoms with van der Waals surface area (Å²) in [6.45, 7) is 0.616. The van der Waals surface area contributed by atoms with Gasteiger partial charge in [0.25, 0.3) is 5.91 Å². The molecule has 0 radical (unpaired) electrons. The molecular weight excluding hydrogens is 414 g/mol. The number of guanidine groups is 1. The van der Waals surface area contributed by atoms with Crippen molar-refractivity contribution in [3.05, 3.63) is 70.6 Å². The van der Waals surface area contributed by atoms with Gasteiger partial charge >= 0.3 is 0 Å². The van der Waals surface area contributed by atoms with Crippen LogP contribution in [-0.2, 0) is 11.3 Å². The number of thiophene rings is 1. The lowest BCUT2D eigenvalue weighted by molar-refractivity contribution is -0.117. The van der Waals surface area contributed by atoms with Gasteiger partial charge in [-0.25, -0.2) is 0 Å². The first-order chi connectivity index (χ1) is 15.0. The third kappa shape index (κ3) is 6.27. The van der Waals surface area contributed by atoms with Gasteiger partial charge < -0.3 is 26.8 Å². The molecule has 2 amide bonds. The van der Waals surface area contributed by atoms with E-state index in [0.717, 1.165) is 20.5 Å². The smallest absolute Gasteiger partial charge is 0.251 e. The summed E-state index contributed by atoms with van der Waals surface area (Å²) in [4.78, 5) is 27.7. The fraction of sp³-hybridized carbons (Fsp3) is 0.227. The van der Waals surface area contributed by atoms with Gasteiger partial charge in [-0.3, -0.25) is 14.6 Å². The van der Waals surface area contributed by atoms with Crippen LogP contribution in [0.15, 0.2) is 59.6 Å². The molecule has 0 aliphatic carbocycles. The Morgan fingerprint density at radius 3 is 2.52 bits per heavy atom. The number of aliphatic imine (C=N–C) groups is 1. The van der Waals surface area contributed by atoms with Gasteiger partial charge in [0.2, 0.25) is 5.91 Å². The van der Waals surface area contributed by atoms with E-state index < -0.39 is 12.0 Å². The first-order valence-electron chi connectivity index (χ1n) is 9.72. The van der Waals surface area contributed by atoms with Gasteiger partial charge in [-0.2, -0.15) is 0 Å². The number of primary amides is 1. The zero-order chi connectivity index (χ0) is 22.2. The molecule has 6 N–H and O–H groups in total. The molecule has 9 heteroatoms. The second-order valence-electron chi connectivity index (χ2n) is 6.85. The molecule has 0 fully saturated rings. The van der Waals surface area contributed by atoms with Gasteiger partial charge in [-0.1, -0.05) is 30.3 Å². The number of aliphatic hydroxyl groups excluding tert-OH is 1. The molecule has 162 valence electrons. The van der Waals surface area contributed by atoms with E-state index in [1.165, 1.54) is 0 Å². The highest BCUT2D eigenvalue weighted by Gasteiger charge is 2.12. The summed E-state index contributed by atoms with van der Waals surface area (Å²) in [6, 6.07) is 17.0. The monoisotopic (exact) mass is 439 g/mol. The second-order valence-corrected chi connectivity index (χ2v) is 7.97. The van der Waals surface area contributed by atoms with Gasteiger partial charge in [0.05, 0.1) is 6.54 Å². The number of fused-ring (bicyclic) bond motifs is 1. The Morgan fingerprint density at radius 1 is 1.10 bits per heavy atom. The van der Waals surface area contributed by atoms with Gasteiger partial charge in [-0.15, -0.1) is 11.3 Å². The molecule has 3 rings (SSSR count). The van der Waals surface area contributed by atoms with E-state index in [4.69, 9.17) is 5.73 Å². The number of carbonyl (C=O) groups excluding carboxylic acids is 2. The topological polar surface area (TPSA) is 129 Å². The van der Waals surface area contributed by atoms with Crippen molar-refractivity contribution in [2.24, 2.45) is 10.7 Å². The lowest BCUT2D eigenvalue weighted by atomic mass is 10.1. The van der Waals surface area contributed by atoms with Crippen LogP contribution in [-0.4, -0.2) is 43.0 Å². The number of hydrogen-bond acceptors (Lipinski definition) is 5. The normalized spacial score (nSPS) is 12.4. The molecule has 31 heavy (non-hydrogen) atoms. The third-order valence-electron chi connectivity index (χ3n) is 4.56. The Hall–Kier alpha value is -3.43. The molecule has 0 bridgehead atoms. The minimum atomic E-state index is -0.644. The number of nitrogens with zero attached hydrogens (tertiary/aromatic N) is 1. The summed E-state index contributed by atoms with van der Waals surface area (Å²) in [5.41, 5.74) is 6.41. The Morgan fingerprint density at radius 2 is 1.84 bits per heavy atom. The largest absolute Gasteiger partial charge is 0.386 e. The number of rotatable bonds is 8. The van der Waals surface area contributed by atoms with Crippen molar-refractivity contribution in [1.82, 2.24) is 16.0 Å². The van der Waals surface area contributed by atoms with Gasteiger partial charge in [0.15, 0.2) is 5.96 Å². The van der Waals surface area contributed by atoms with E-state index in [2.05, 4.69) is 20.9 Å². The van der Waals surface area contributed by atoms with Crippen LogP contribution in [0, 0.1) is 0 Å². The number of amides is 2. The standard InChI is InChI=1S/C22H25N5O3S/c1-24-22(27-12-17(28)19-10-16-4-2-3-5-18(16)31-19)26-11-14-6-8-15(9-7-14)21(30)25-13-20(23)29/h2-10,17,28H,11-13H2,1H3,(H2,23,29)(H,25,30)(H2,24,26,27). The van der Waals surface area contributed by atoms with Crippen LogP contribution in [0.4, 0.5) is 0 Å². The Kier molecular flexibility index (Phi) is 7.58. The van der Waals surface area contributed by atoms with Crippen LogP contribution in [0.1, 0.15) is 26.9 Å². The Labute approximate surface area is 184 Å². The van der Waals surface area contributed by atoms with Gasteiger partial charge in [0, 0.05) is 35.3 Å². The fourth-order valence-electron chi connectivity index (χ4n) is 2.91. The predicted octanol–water partition coefficient (Wildman–Crippen LogP) is 1.52. The van der Waals surface area contributed by atoms with E-state index in [0.29, 0.717) is 24.6 Å². The molecule has 0 saturated carbocycles. The summed E-state index contributed by atoms with van der Waals surface area (Å²) >= 11 is 1.57. The zero-order valence-electron chi connectivity index (χ0n) is 17.1. The van der Waals surface area contributed by atoms with Crippen LogP contribution < -0.4 is 21.7 Å². The van der Waals surface area contributed by atoms with Crippen molar-refractivity contribution in [2.75, 3.05) is 20.1 Å². The fourth-order valence-corrected chi connectivity index (χ4v) is 3.96. The molecule has 3 aromatic rings. The average molecular weight is 440 g/mol. The van der Waals surface area contributed by atoms with Crippen molar-refractivity contribution in [3.63, 3.8) is 0 Å². The van der Waals surface area contributed by atoms with Crippen molar-refractivity contribution < 1.29 is 14.7 Å². The molecule has 1 aromatic heterocycles. The van der Waals surface area contributed by atoms with Crippen LogP contribution in [0.2, 0.25) is 0 Å². The SMILES string of the molecule is CN=C(NCc1ccc(C(=O)NCC(N)=O)cc1)NCC(O)c1cc2ccccc2s1. The second kappa shape index (κ2) is 10.6. The summed E-state index contributed by atoms with van der Waals surface area (Å²) in [6.07, 6.45) is -0.644. The summed E-state index contributed by atoms with van der Waals surface area (Å²) < 4.78 is 1.14. The molecule has 8 nitrogen and oxygen atoms in total. The highest BCUT2D eigenvalue weighted by molar-refractivity contribution is 7.19. The number of benzene rings is 2. The highest BCUT2D eigenvalue weighted by atomic mass is 32.1. The maximum absolute atomic E-state index is 11.9. The Bertz CT molecular complexity index is 1050. The van der Waals surface area contributed by atoms with E-state index in [1.807, 2.05) is 42.5 Å². The summed E-state index contributed by atoms with van der Waals surface area (Å²) in [5.74, 6) is -0.389. The number of nitrogens with one attached hydrogen (secondary N) is 3. The van der Waals surface area contributed by atoms with Crippen LogP contribution in [0.3, 0.4) is 0 Å². The van der Waals surface area contributed by atoms with Crippen molar-refractivity contribution in [2.45, 2.75) is 12.6 Å². The van der Waals surface area contributed by atoms with Gasteiger partial charge in [-0.05, 0) is 35.2 Å². The maximum Gasteiger partial charge on any atom is 0.251 e. The molecule has 1 heterocycles. The van der Waals surface area contributed by atoms with Crippen molar-refractivity contribution in [1.29, 1.82) is 0 Å². The molecule has 2 aromatic carbocycles. The van der Waals surface area contributed by atoms with Gasteiger partial charge in [0.1, 0.15) is 6.10 Å². The number of carbonyl (C=O) groups is 2. The first kappa shape index (κ1) is 22.3. The average Bonchev–Trinajstić information content (AvgIpc) is 3.22. The van der Waals surface area contributed by atoms with Crippen molar-refractivity contribution in [3.8, 4) is 0 Å². The summed E-state index contributed by atoms with van der Waals surface area (Å²) in [7, 11) is 1.66. The van der Waals surface area contributed by atoms with E-state index >= 15 is 0 Å². The predicted molar refractivity (Wildman–Crippen MR) is 123 cm³/mol. The van der Waals surface area contributed by atoms with Crippen LogP contribution in [0.25, 0.3) is 10.1 Å². The van der Waals surface area contributed by atoms with E-state index in [1.54, 1.807) is 30.5 Å². The number of nitrogens with two attached hydrogens (primary N) is 1. The van der Waals surface area contributed by atoms with Crippen molar-refractivity contribution >= 4 is 39.2 Å². The highest BCUT2D eigenvalue weighted by Crippen LogP contribution is 2.29. The first-order valence-corrected chi connectivity index (χ1v) is 10.5. The quantitative estimate of drug-likeness (QED) is 0.268. The number of hydrogen-bond donors (Lipinski definition) is 5. The maximum atomic E-state index is 11.9.